The molecule has 0 saturated heterocycles. The maximum absolute atomic E-state index is 13.2. The average molecular weight is 490 g/mol. The molecule has 180 valence electrons. The van der Waals surface area contributed by atoms with E-state index in [1.165, 1.54) is 6.92 Å². The van der Waals surface area contributed by atoms with E-state index in [9.17, 15) is 9.59 Å². The van der Waals surface area contributed by atoms with Crippen LogP contribution in [0.25, 0.3) is 10.9 Å². The second-order valence-electron chi connectivity index (χ2n) is 8.43. The van der Waals surface area contributed by atoms with Gasteiger partial charge < -0.3 is 19.9 Å². The third-order valence-corrected chi connectivity index (χ3v) is 6.36. The molecule has 0 aliphatic carbocycles. The monoisotopic (exact) mass is 489 g/mol. The van der Waals surface area contributed by atoms with Crippen LogP contribution in [0.15, 0.2) is 79.0 Å². The van der Waals surface area contributed by atoms with Crippen molar-refractivity contribution in [2.45, 2.75) is 25.9 Å². The molecule has 0 saturated carbocycles. The van der Waals surface area contributed by atoms with Crippen molar-refractivity contribution in [3.05, 3.63) is 101 Å². The van der Waals surface area contributed by atoms with E-state index >= 15 is 0 Å². The van der Waals surface area contributed by atoms with Crippen LogP contribution in [-0.4, -0.2) is 41.4 Å². The number of rotatable bonds is 9. The van der Waals surface area contributed by atoms with Crippen molar-refractivity contribution in [3.8, 4) is 5.75 Å². The van der Waals surface area contributed by atoms with Crippen molar-refractivity contribution in [1.82, 2.24) is 15.2 Å². The summed E-state index contributed by atoms with van der Waals surface area (Å²) in [4.78, 5) is 30.8. The average Bonchev–Trinajstić information content (AvgIpc) is 3.26. The number of ether oxygens (including phenoxy) is 1. The molecule has 0 radical (unpaired) electrons. The van der Waals surface area contributed by atoms with E-state index in [1.54, 1.807) is 36.3 Å². The lowest BCUT2D eigenvalue weighted by Crippen LogP contribution is -2.46. The fraction of sp³-hybridized carbons (Fsp3) is 0.214. The Hall–Kier alpha value is -3.77. The Morgan fingerprint density at radius 1 is 1.00 bits per heavy atom. The number of methoxy groups -OCH3 is 1. The smallest absolute Gasteiger partial charge is 0.253 e. The van der Waals surface area contributed by atoms with E-state index in [4.69, 9.17) is 16.3 Å². The predicted molar refractivity (Wildman–Crippen MR) is 139 cm³/mol. The number of nitrogens with zero attached hydrogens (tertiary/aromatic N) is 1. The molecule has 35 heavy (non-hydrogen) atoms. The Bertz CT molecular complexity index is 1330. The van der Waals surface area contributed by atoms with Crippen LogP contribution in [0, 0.1) is 0 Å². The second-order valence-corrected chi connectivity index (χ2v) is 8.83. The number of aromatic nitrogens is 1. The van der Waals surface area contributed by atoms with Gasteiger partial charge in [0.2, 0.25) is 5.91 Å². The van der Waals surface area contributed by atoms with Gasteiger partial charge in [-0.05, 0) is 36.2 Å². The van der Waals surface area contributed by atoms with Crippen molar-refractivity contribution in [1.29, 1.82) is 0 Å². The lowest BCUT2D eigenvalue weighted by Gasteiger charge is -2.28. The molecule has 4 rings (SSSR count). The largest absolute Gasteiger partial charge is 0.496 e. The van der Waals surface area contributed by atoms with Crippen LogP contribution in [0.4, 0.5) is 0 Å². The van der Waals surface area contributed by atoms with Gasteiger partial charge in [-0.15, -0.1) is 0 Å². The van der Waals surface area contributed by atoms with Gasteiger partial charge >= 0.3 is 0 Å². The number of hydrogen-bond donors (Lipinski definition) is 2. The number of amides is 2. The number of para-hydroxylation sites is 2. The molecule has 2 amide bonds. The summed E-state index contributed by atoms with van der Waals surface area (Å²) in [5.74, 6) is 0.347. The summed E-state index contributed by atoms with van der Waals surface area (Å²) >= 11 is 6.28. The lowest BCUT2D eigenvalue weighted by molar-refractivity contribution is -0.129. The highest BCUT2D eigenvalue weighted by molar-refractivity contribution is 6.33. The van der Waals surface area contributed by atoms with Gasteiger partial charge in [0.05, 0.1) is 23.7 Å². The minimum atomic E-state index is -0.350. The fourth-order valence-electron chi connectivity index (χ4n) is 4.25. The Balaban J connectivity index is 1.62. The maximum Gasteiger partial charge on any atom is 0.253 e. The molecule has 1 atom stereocenters. The summed E-state index contributed by atoms with van der Waals surface area (Å²) in [6, 6.07) is 22.2. The van der Waals surface area contributed by atoms with Gasteiger partial charge in [0.1, 0.15) is 5.75 Å². The molecule has 2 N–H and O–H groups in total. The Morgan fingerprint density at radius 2 is 1.71 bits per heavy atom. The highest BCUT2D eigenvalue weighted by Crippen LogP contribution is 2.22. The number of carbonyl (C=O) groups excluding carboxylic acids is 2. The van der Waals surface area contributed by atoms with Crippen LogP contribution >= 0.6 is 11.6 Å². The van der Waals surface area contributed by atoms with Crippen LogP contribution < -0.4 is 10.1 Å². The summed E-state index contributed by atoms with van der Waals surface area (Å²) in [6.07, 6.45) is 2.49. The first-order valence-corrected chi connectivity index (χ1v) is 11.8. The second kappa shape index (κ2) is 11.1. The molecule has 6 nitrogen and oxygen atoms in total. The molecule has 4 aromatic rings. The fourth-order valence-corrected chi connectivity index (χ4v) is 4.47. The number of benzene rings is 3. The first kappa shape index (κ1) is 24.4. The van der Waals surface area contributed by atoms with Gasteiger partial charge in [0, 0.05) is 42.7 Å². The molecule has 0 aliphatic rings. The van der Waals surface area contributed by atoms with E-state index in [1.807, 2.05) is 54.7 Å². The molecule has 3 aromatic carbocycles. The van der Waals surface area contributed by atoms with Crippen LogP contribution in [0.3, 0.4) is 0 Å². The molecule has 0 bridgehead atoms. The number of nitrogens with one attached hydrogen (secondary N) is 2. The normalized spacial score (nSPS) is 11.7. The van der Waals surface area contributed by atoms with Crippen LogP contribution in [-0.2, 0) is 17.8 Å². The summed E-state index contributed by atoms with van der Waals surface area (Å²) < 4.78 is 5.47. The third kappa shape index (κ3) is 5.84. The first-order valence-electron chi connectivity index (χ1n) is 11.4. The standard InChI is InChI=1S/C28H28ClN3O3/c1-19(33)32(17-20-9-3-8-14-27(20)35-2)18-22(31-28(34)24-11-4-6-12-25(24)29)15-21-16-30-26-13-7-5-10-23(21)26/h3-14,16,22,30H,15,17-18H2,1-2H3,(H,31,34). The van der Waals surface area contributed by atoms with Crippen molar-refractivity contribution in [3.63, 3.8) is 0 Å². The number of halogens is 1. The van der Waals surface area contributed by atoms with E-state index in [-0.39, 0.29) is 17.9 Å². The van der Waals surface area contributed by atoms with E-state index in [2.05, 4.69) is 10.3 Å². The Morgan fingerprint density at radius 3 is 2.49 bits per heavy atom. The number of hydrogen-bond acceptors (Lipinski definition) is 3. The molecule has 7 heteroatoms. The quantitative estimate of drug-likeness (QED) is 0.338. The van der Waals surface area contributed by atoms with E-state index in [0.29, 0.717) is 35.8 Å². The first-order chi connectivity index (χ1) is 17.0. The third-order valence-electron chi connectivity index (χ3n) is 6.03. The van der Waals surface area contributed by atoms with Crippen molar-refractivity contribution in [2.24, 2.45) is 0 Å². The molecule has 0 fully saturated rings. The Kier molecular flexibility index (Phi) is 7.73. The zero-order chi connectivity index (χ0) is 24.8. The van der Waals surface area contributed by atoms with Crippen LogP contribution in [0.1, 0.15) is 28.4 Å². The summed E-state index contributed by atoms with van der Waals surface area (Å²) in [6.45, 7) is 2.23. The zero-order valence-corrected chi connectivity index (χ0v) is 20.5. The van der Waals surface area contributed by atoms with Gasteiger partial charge in [-0.25, -0.2) is 0 Å². The molecule has 1 aromatic heterocycles. The van der Waals surface area contributed by atoms with Gasteiger partial charge in [-0.3, -0.25) is 9.59 Å². The zero-order valence-electron chi connectivity index (χ0n) is 19.8. The molecular weight excluding hydrogens is 462 g/mol. The van der Waals surface area contributed by atoms with Crippen LogP contribution in [0.2, 0.25) is 5.02 Å². The van der Waals surface area contributed by atoms with Gasteiger partial charge in [-0.2, -0.15) is 0 Å². The minimum absolute atomic E-state index is 0.0909. The number of H-pyrrole nitrogens is 1. The van der Waals surface area contributed by atoms with Gasteiger partial charge in [0.25, 0.3) is 5.91 Å². The minimum Gasteiger partial charge on any atom is -0.496 e. The summed E-state index contributed by atoms with van der Waals surface area (Å²) in [5.41, 5.74) is 3.38. The van der Waals surface area contributed by atoms with E-state index < -0.39 is 0 Å². The number of fused-ring (bicyclic) bond motifs is 1. The van der Waals surface area contributed by atoms with Gasteiger partial charge in [0.15, 0.2) is 0 Å². The Labute approximate surface area is 209 Å². The van der Waals surface area contributed by atoms with Crippen molar-refractivity contribution in [2.75, 3.05) is 13.7 Å². The molecule has 1 heterocycles. The van der Waals surface area contributed by atoms with E-state index in [0.717, 1.165) is 22.0 Å². The summed E-state index contributed by atoms with van der Waals surface area (Å²) in [5, 5.41) is 4.58. The predicted octanol–water partition coefficient (Wildman–Crippen LogP) is 5.22. The lowest BCUT2D eigenvalue weighted by atomic mass is 10.0. The SMILES string of the molecule is COc1ccccc1CN(CC(Cc1c[nH]c2ccccc12)NC(=O)c1ccccc1Cl)C(C)=O. The maximum atomic E-state index is 13.2. The molecule has 0 spiro atoms. The highest BCUT2D eigenvalue weighted by atomic mass is 35.5. The summed E-state index contributed by atoms with van der Waals surface area (Å²) in [7, 11) is 1.61. The molecular formula is C28H28ClN3O3. The van der Waals surface area contributed by atoms with Crippen LogP contribution in [0.5, 0.6) is 5.75 Å². The molecule has 0 aliphatic heterocycles. The number of carbonyl (C=O) groups is 2. The highest BCUT2D eigenvalue weighted by Gasteiger charge is 2.23. The van der Waals surface area contributed by atoms with Crippen molar-refractivity contribution < 1.29 is 14.3 Å². The van der Waals surface area contributed by atoms with Crippen molar-refractivity contribution >= 4 is 34.3 Å². The topological polar surface area (TPSA) is 74.4 Å². The molecule has 1 unspecified atom stereocenters. The number of aromatic amines is 1. The van der Waals surface area contributed by atoms with Gasteiger partial charge in [-0.1, -0.05) is 60.1 Å².